The zero-order valence-corrected chi connectivity index (χ0v) is 6.54. The Kier molecular flexibility index (Phi) is 3.57. The Hall–Kier alpha value is -0.380. The van der Waals surface area contributed by atoms with E-state index < -0.39 is 13.3 Å². The van der Waals surface area contributed by atoms with E-state index in [9.17, 15) is 9.36 Å². The van der Waals surface area contributed by atoms with Crippen LogP contribution in [0.1, 0.15) is 0 Å². The first-order valence-corrected chi connectivity index (χ1v) is 5.04. The van der Waals surface area contributed by atoms with Gasteiger partial charge in [-0.25, -0.2) is 4.79 Å². The van der Waals surface area contributed by atoms with Crippen molar-refractivity contribution in [2.24, 2.45) is 0 Å². The number of carbonyl (C=O) groups is 1. The van der Waals surface area contributed by atoms with Crippen molar-refractivity contribution in [3.8, 4) is 0 Å². The fourth-order valence-electron chi connectivity index (χ4n) is 0.428. The van der Waals surface area contributed by atoms with Crippen molar-refractivity contribution in [3.63, 3.8) is 0 Å². The van der Waals surface area contributed by atoms with Crippen LogP contribution in [0.5, 0.6) is 0 Å². The highest BCUT2D eigenvalue weighted by atomic mass is 31.2. The van der Waals surface area contributed by atoms with E-state index in [1.807, 2.05) is 0 Å². The predicted octanol–water partition coefficient (Wildman–Crippen LogP) is -1.51. The van der Waals surface area contributed by atoms with Gasteiger partial charge in [-0.3, -0.25) is 4.57 Å². The van der Waals surface area contributed by atoms with E-state index in [1.54, 1.807) is 0 Å². The van der Waals surface area contributed by atoms with Crippen LogP contribution in [0.2, 0.25) is 0 Å². The maximum Gasteiger partial charge on any atom is 0.359 e. The number of rotatable bonds is 4. The van der Waals surface area contributed by atoms with Crippen LogP contribution < -0.4 is 5.32 Å². The molecule has 0 bridgehead atoms. The number of carboxylic acids is 1. The lowest BCUT2D eigenvalue weighted by Crippen LogP contribution is -2.85. The minimum absolute atomic E-state index is 0.0285. The molecule has 0 aromatic carbocycles. The lowest BCUT2D eigenvalue weighted by molar-refractivity contribution is -0.629. The highest BCUT2D eigenvalue weighted by Crippen LogP contribution is 2.30. The van der Waals surface area contributed by atoms with Crippen LogP contribution in [-0.4, -0.2) is 35.5 Å². The van der Waals surface area contributed by atoms with Gasteiger partial charge in [0.25, 0.3) is 0 Å². The molecule has 6 heteroatoms. The summed E-state index contributed by atoms with van der Waals surface area (Å²) in [4.78, 5) is 18.5. The van der Waals surface area contributed by atoms with E-state index in [0.29, 0.717) is 0 Å². The van der Waals surface area contributed by atoms with Gasteiger partial charge in [-0.1, -0.05) is 0 Å². The molecule has 0 saturated carbocycles. The molecular weight excluding hydrogens is 157 g/mol. The third kappa shape index (κ3) is 7.62. The molecule has 60 valence electrons. The van der Waals surface area contributed by atoms with E-state index in [4.69, 9.17) is 10.00 Å². The molecule has 0 fully saturated rings. The zero-order valence-electron chi connectivity index (χ0n) is 5.65. The topological polar surface area (TPSA) is 91.2 Å². The molecule has 5 nitrogen and oxygen atoms in total. The molecule has 0 aliphatic rings. The fraction of sp³-hybridized carbons (Fsp3) is 0.750. The molecule has 4 N–H and O–H groups in total. The van der Waals surface area contributed by atoms with E-state index in [1.165, 1.54) is 12.0 Å². The highest BCUT2D eigenvalue weighted by Gasteiger charge is 2.12. The van der Waals surface area contributed by atoms with E-state index in [0.717, 1.165) is 0 Å². The van der Waals surface area contributed by atoms with Gasteiger partial charge in [0.15, 0.2) is 12.8 Å². The Morgan fingerprint density at radius 2 is 2.20 bits per heavy atom. The molecule has 0 radical (unpaired) electrons. The molecule has 1 atom stereocenters. The third-order valence-corrected chi connectivity index (χ3v) is 1.72. The standard InChI is InChI=1S/C4H10NO4P/c1-10(8,9)3-5-2-4(6)7/h5H,2-3H2,1H3,(H,6,7)(H,8,9)/p+1. The predicted molar refractivity (Wildman–Crippen MR) is 35.0 cm³/mol. The minimum atomic E-state index is -3.04. The lowest BCUT2D eigenvalue weighted by Gasteiger charge is -2.00. The van der Waals surface area contributed by atoms with Crippen LogP contribution in [0.25, 0.3) is 0 Å². The number of hydrogen-bond acceptors (Lipinski definition) is 2. The van der Waals surface area contributed by atoms with Crippen LogP contribution in [0, 0.1) is 0 Å². The second-order valence-electron chi connectivity index (χ2n) is 2.12. The van der Waals surface area contributed by atoms with Gasteiger partial charge in [0.05, 0.1) is 0 Å². The summed E-state index contributed by atoms with van der Waals surface area (Å²) in [6.07, 6.45) is -0.0285. The maximum atomic E-state index is 10.5. The van der Waals surface area contributed by atoms with Crippen molar-refractivity contribution in [2.45, 2.75) is 0 Å². The molecule has 0 aromatic heterocycles. The molecule has 10 heavy (non-hydrogen) atoms. The summed E-state index contributed by atoms with van der Waals surface area (Å²) in [5.41, 5.74) is 0. The molecule has 0 aromatic rings. The van der Waals surface area contributed by atoms with E-state index >= 15 is 0 Å². The monoisotopic (exact) mass is 168 g/mol. The van der Waals surface area contributed by atoms with Crippen LogP contribution in [0.15, 0.2) is 0 Å². The molecule has 0 aliphatic carbocycles. The molecule has 1 unspecified atom stereocenters. The molecular formula is C4H11NO4P+. The summed E-state index contributed by atoms with van der Waals surface area (Å²) in [5, 5.41) is 9.40. The van der Waals surface area contributed by atoms with Crippen molar-refractivity contribution in [3.05, 3.63) is 0 Å². The summed E-state index contributed by atoms with van der Waals surface area (Å²) in [6.45, 7) is 1.05. The van der Waals surface area contributed by atoms with Gasteiger partial charge in [-0.2, -0.15) is 0 Å². The minimum Gasteiger partial charge on any atom is -0.477 e. The number of nitrogens with two attached hydrogens (primary N) is 1. The molecule has 0 heterocycles. The first-order valence-electron chi connectivity index (χ1n) is 2.74. The van der Waals surface area contributed by atoms with Gasteiger partial charge in [0, 0.05) is 6.66 Å². The molecule has 0 aliphatic heterocycles. The SMILES string of the molecule is CP(=O)(O)C[NH2+]CC(=O)O. The Labute approximate surface area is 58.5 Å². The summed E-state index contributed by atoms with van der Waals surface area (Å²) in [7, 11) is -3.04. The summed E-state index contributed by atoms with van der Waals surface area (Å²) >= 11 is 0. The van der Waals surface area contributed by atoms with Crippen molar-refractivity contribution < 1.29 is 24.7 Å². The average molecular weight is 168 g/mol. The third-order valence-electron chi connectivity index (χ3n) is 0.787. The van der Waals surface area contributed by atoms with Crippen LogP contribution in [-0.2, 0) is 9.36 Å². The number of aliphatic carboxylic acids is 1. The average Bonchev–Trinajstić information content (AvgIpc) is 1.59. The number of quaternary nitrogens is 1. The highest BCUT2D eigenvalue weighted by molar-refractivity contribution is 7.56. The first-order chi connectivity index (χ1) is 4.42. The smallest absolute Gasteiger partial charge is 0.359 e. The maximum absolute atomic E-state index is 10.5. The molecule has 0 amide bonds. The normalized spacial score (nSPS) is 16.2. The van der Waals surface area contributed by atoms with Gasteiger partial charge in [-0.15, -0.1) is 0 Å². The second-order valence-corrected chi connectivity index (χ2v) is 4.59. The molecule has 0 spiro atoms. The van der Waals surface area contributed by atoms with E-state index in [2.05, 4.69) is 0 Å². The van der Waals surface area contributed by atoms with Crippen LogP contribution in [0.3, 0.4) is 0 Å². The van der Waals surface area contributed by atoms with Gasteiger partial charge >= 0.3 is 5.97 Å². The summed E-state index contributed by atoms with van der Waals surface area (Å²) < 4.78 is 10.5. The van der Waals surface area contributed by atoms with Crippen molar-refractivity contribution >= 4 is 13.3 Å². The Morgan fingerprint density at radius 1 is 1.70 bits per heavy atom. The summed E-state index contributed by atoms with van der Waals surface area (Å²) in [5.74, 6) is -0.978. The van der Waals surface area contributed by atoms with Crippen LogP contribution >= 0.6 is 7.37 Å². The molecule has 0 saturated heterocycles. The number of carboxylic acid groups (broad SMARTS) is 1. The first kappa shape index (κ1) is 9.62. The Bertz CT molecular complexity index is 163. The number of hydrogen-bond donors (Lipinski definition) is 3. The van der Waals surface area contributed by atoms with Crippen LogP contribution in [0.4, 0.5) is 0 Å². The quantitative estimate of drug-likeness (QED) is 0.445. The van der Waals surface area contributed by atoms with E-state index in [-0.39, 0.29) is 12.8 Å². The Balaban J connectivity index is 3.39. The van der Waals surface area contributed by atoms with Gasteiger partial charge in [0.1, 0.15) is 0 Å². The zero-order chi connectivity index (χ0) is 8.20. The van der Waals surface area contributed by atoms with Crippen molar-refractivity contribution in [2.75, 3.05) is 19.5 Å². The van der Waals surface area contributed by atoms with Crippen molar-refractivity contribution in [1.82, 2.24) is 0 Å². The lowest BCUT2D eigenvalue weighted by atomic mass is 10.7. The van der Waals surface area contributed by atoms with Gasteiger partial charge in [-0.05, 0) is 0 Å². The van der Waals surface area contributed by atoms with Crippen molar-refractivity contribution in [1.29, 1.82) is 0 Å². The molecule has 0 rings (SSSR count). The fourth-order valence-corrected chi connectivity index (χ4v) is 1.04. The second kappa shape index (κ2) is 3.71. The van der Waals surface area contributed by atoms with Gasteiger partial charge in [0.2, 0.25) is 7.37 Å². The Morgan fingerprint density at radius 3 is 2.50 bits per heavy atom. The largest absolute Gasteiger partial charge is 0.477 e. The van der Waals surface area contributed by atoms with Gasteiger partial charge < -0.3 is 15.3 Å². The summed E-state index contributed by atoms with van der Waals surface area (Å²) in [6, 6.07) is 0.